The van der Waals surface area contributed by atoms with Gasteiger partial charge >= 0.3 is 0 Å². The minimum atomic E-state index is -0.126. The maximum atomic E-state index is 13.0. The Kier molecular flexibility index (Phi) is 5.40. The number of pyridine rings is 1. The Hall–Kier alpha value is -2.86. The van der Waals surface area contributed by atoms with Gasteiger partial charge in [0.15, 0.2) is 5.16 Å². The van der Waals surface area contributed by atoms with Crippen LogP contribution in [0.15, 0.2) is 28.3 Å². The molecule has 0 N–H and O–H groups in total. The molecule has 1 amide bonds. The fourth-order valence-electron chi connectivity index (χ4n) is 4.58. The second kappa shape index (κ2) is 8.35. The van der Waals surface area contributed by atoms with Crippen LogP contribution in [0.5, 0.6) is 5.88 Å². The molecule has 4 heterocycles. The Morgan fingerprint density at radius 1 is 1.32 bits per heavy atom. The fraction of sp³-hybridized carbons (Fsp3) is 0.500. The highest BCUT2D eigenvalue weighted by Gasteiger charge is 2.33. The molecule has 1 atom stereocenters. The second-order valence-corrected chi connectivity index (χ2v) is 9.17. The number of hydrogen-bond donors (Lipinski definition) is 0. The number of hydrogen-bond acceptors (Lipinski definition) is 7. The molecule has 31 heavy (non-hydrogen) atoms. The summed E-state index contributed by atoms with van der Waals surface area (Å²) >= 11 is 1.58. The number of ether oxygens (including phenoxy) is 1. The zero-order valence-corrected chi connectivity index (χ0v) is 17.9. The van der Waals surface area contributed by atoms with Crippen molar-refractivity contribution in [2.75, 3.05) is 18.8 Å². The Morgan fingerprint density at radius 2 is 2.16 bits per heavy atom. The van der Waals surface area contributed by atoms with Crippen LogP contribution in [0.1, 0.15) is 48.5 Å². The van der Waals surface area contributed by atoms with Crippen LogP contribution in [0.3, 0.4) is 0 Å². The molecule has 160 valence electrons. The molecular weight excluding hydrogens is 414 g/mol. The zero-order chi connectivity index (χ0) is 21.4. The minimum Gasteiger partial charge on any atom is -0.473 e. The largest absolute Gasteiger partial charge is 0.473 e. The van der Waals surface area contributed by atoms with Crippen LogP contribution in [-0.4, -0.2) is 50.3 Å². The summed E-state index contributed by atoms with van der Waals surface area (Å²) in [6.45, 7) is 1.20. The standard InChI is InChI=1S/C22H23N5O3S/c23-12-14-3-2-8-24-20(14)30-16-6-9-26(10-7-16)19(28)11-15-13-31-22-25-18-5-1-4-17(18)21(29)27(15)22/h2-3,8,15-16H,1,4-7,9-11,13H2/t15-/m1/s1. The van der Waals surface area contributed by atoms with Crippen molar-refractivity contribution in [1.82, 2.24) is 19.4 Å². The van der Waals surface area contributed by atoms with Gasteiger partial charge in [-0.2, -0.15) is 5.26 Å². The van der Waals surface area contributed by atoms with Crippen molar-refractivity contribution < 1.29 is 9.53 Å². The lowest BCUT2D eigenvalue weighted by atomic mass is 10.1. The minimum absolute atomic E-state index is 0.0519. The van der Waals surface area contributed by atoms with Crippen molar-refractivity contribution >= 4 is 17.7 Å². The Labute approximate surface area is 184 Å². The number of piperidine rings is 1. The van der Waals surface area contributed by atoms with E-state index in [1.807, 2.05) is 4.90 Å². The molecule has 0 unspecified atom stereocenters. The lowest BCUT2D eigenvalue weighted by molar-refractivity contribution is -0.133. The Morgan fingerprint density at radius 3 is 2.97 bits per heavy atom. The highest BCUT2D eigenvalue weighted by atomic mass is 32.2. The predicted molar refractivity (Wildman–Crippen MR) is 114 cm³/mol. The average molecular weight is 438 g/mol. The molecule has 0 radical (unpaired) electrons. The third-order valence-electron chi connectivity index (χ3n) is 6.25. The summed E-state index contributed by atoms with van der Waals surface area (Å²) in [5.74, 6) is 1.14. The molecule has 0 spiro atoms. The van der Waals surface area contributed by atoms with Crippen LogP contribution >= 0.6 is 11.8 Å². The smallest absolute Gasteiger partial charge is 0.257 e. The molecule has 2 aromatic rings. The number of rotatable bonds is 4. The number of nitrogens with zero attached hydrogens (tertiary/aromatic N) is 5. The molecule has 5 rings (SSSR count). The summed E-state index contributed by atoms with van der Waals surface area (Å²) < 4.78 is 7.67. The van der Waals surface area contributed by atoms with E-state index in [0.717, 1.165) is 35.7 Å². The third-order valence-corrected chi connectivity index (χ3v) is 7.34. The first-order chi connectivity index (χ1) is 15.1. The van der Waals surface area contributed by atoms with Gasteiger partial charge in [0.05, 0.1) is 11.7 Å². The topological polar surface area (TPSA) is 101 Å². The number of amides is 1. The van der Waals surface area contributed by atoms with Gasteiger partial charge in [-0.15, -0.1) is 0 Å². The van der Waals surface area contributed by atoms with Crippen LogP contribution in [0.2, 0.25) is 0 Å². The van der Waals surface area contributed by atoms with Crippen LogP contribution in [0.25, 0.3) is 0 Å². The van der Waals surface area contributed by atoms with Gasteiger partial charge in [-0.25, -0.2) is 9.97 Å². The molecule has 2 aromatic heterocycles. The molecule has 9 heteroatoms. The summed E-state index contributed by atoms with van der Waals surface area (Å²) in [5.41, 5.74) is 2.26. The van der Waals surface area contributed by atoms with Gasteiger partial charge in [0.2, 0.25) is 11.8 Å². The Bertz CT molecular complexity index is 1120. The number of thioether (sulfide) groups is 1. The van der Waals surface area contributed by atoms with Gasteiger partial charge in [-0.3, -0.25) is 14.2 Å². The molecule has 3 aliphatic rings. The zero-order valence-electron chi connectivity index (χ0n) is 17.1. The average Bonchev–Trinajstić information content (AvgIpc) is 3.42. The molecule has 0 bridgehead atoms. The highest BCUT2D eigenvalue weighted by molar-refractivity contribution is 7.99. The first-order valence-corrected chi connectivity index (χ1v) is 11.7. The van der Waals surface area contributed by atoms with E-state index in [-0.39, 0.29) is 23.6 Å². The van der Waals surface area contributed by atoms with Crippen molar-refractivity contribution in [3.8, 4) is 11.9 Å². The molecule has 2 aliphatic heterocycles. The molecule has 1 saturated heterocycles. The summed E-state index contributed by atoms with van der Waals surface area (Å²) in [4.78, 5) is 36.6. The first-order valence-electron chi connectivity index (χ1n) is 10.7. The lowest BCUT2D eigenvalue weighted by Gasteiger charge is -2.32. The van der Waals surface area contributed by atoms with Crippen molar-refractivity contribution in [2.24, 2.45) is 0 Å². The summed E-state index contributed by atoms with van der Waals surface area (Å²) in [7, 11) is 0. The second-order valence-electron chi connectivity index (χ2n) is 8.18. The van der Waals surface area contributed by atoms with E-state index in [1.165, 1.54) is 0 Å². The van der Waals surface area contributed by atoms with Crippen LogP contribution in [0.4, 0.5) is 0 Å². The van der Waals surface area contributed by atoms with Crippen LogP contribution in [-0.2, 0) is 17.6 Å². The third kappa shape index (κ3) is 3.81. The van der Waals surface area contributed by atoms with Crippen molar-refractivity contribution in [3.63, 3.8) is 0 Å². The first kappa shape index (κ1) is 20.1. The summed E-state index contributed by atoms with van der Waals surface area (Å²) in [6.07, 6.45) is 5.92. The van der Waals surface area contributed by atoms with E-state index < -0.39 is 0 Å². The number of nitriles is 1. The molecule has 8 nitrogen and oxygen atoms in total. The Balaban J connectivity index is 1.20. The van der Waals surface area contributed by atoms with E-state index in [0.29, 0.717) is 49.5 Å². The number of aromatic nitrogens is 3. The number of carbonyl (C=O) groups excluding carboxylic acids is 1. The number of carbonyl (C=O) groups is 1. The summed E-state index contributed by atoms with van der Waals surface area (Å²) in [6, 6.07) is 5.36. The number of fused-ring (bicyclic) bond motifs is 2. The number of aryl methyl sites for hydroxylation is 1. The van der Waals surface area contributed by atoms with E-state index in [2.05, 4.69) is 16.0 Å². The van der Waals surface area contributed by atoms with Crippen molar-refractivity contribution in [1.29, 1.82) is 5.26 Å². The quantitative estimate of drug-likeness (QED) is 0.675. The van der Waals surface area contributed by atoms with E-state index >= 15 is 0 Å². The maximum absolute atomic E-state index is 13.0. The lowest BCUT2D eigenvalue weighted by Crippen LogP contribution is -2.43. The molecule has 1 aliphatic carbocycles. The normalized spacial score (nSPS) is 20.2. The van der Waals surface area contributed by atoms with E-state index in [1.54, 1.807) is 34.7 Å². The van der Waals surface area contributed by atoms with E-state index in [9.17, 15) is 14.9 Å². The van der Waals surface area contributed by atoms with Gasteiger partial charge in [0, 0.05) is 49.9 Å². The van der Waals surface area contributed by atoms with Crippen molar-refractivity contribution in [3.05, 3.63) is 45.5 Å². The van der Waals surface area contributed by atoms with Gasteiger partial charge in [0.25, 0.3) is 5.56 Å². The molecule has 0 saturated carbocycles. The van der Waals surface area contributed by atoms with Gasteiger partial charge in [-0.05, 0) is 31.4 Å². The monoisotopic (exact) mass is 437 g/mol. The highest BCUT2D eigenvalue weighted by Crippen LogP contribution is 2.34. The van der Waals surface area contributed by atoms with Crippen LogP contribution in [0, 0.1) is 11.3 Å². The maximum Gasteiger partial charge on any atom is 0.257 e. The fourth-order valence-corrected chi connectivity index (χ4v) is 5.74. The van der Waals surface area contributed by atoms with Gasteiger partial charge in [0.1, 0.15) is 17.7 Å². The molecular formula is C22H23N5O3S. The number of likely N-dealkylation sites (tertiary alicyclic amines) is 1. The van der Waals surface area contributed by atoms with Gasteiger partial charge in [-0.1, -0.05) is 11.8 Å². The predicted octanol–water partition coefficient (Wildman–Crippen LogP) is 2.11. The SMILES string of the molecule is N#Cc1cccnc1OC1CCN(C(=O)C[C@@H]2CSc3nc4c(c(=O)n32)CCC4)CC1. The molecule has 0 aromatic carbocycles. The van der Waals surface area contributed by atoms with Crippen LogP contribution < -0.4 is 10.3 Å². The van der Waals surface area contributed by atoms with Gasteiger partial charge < -0.3 is 9.64 Å². The van der Waals surface area contributed by atoms with E-state index in [4.69, 9.17) is 4.74 Å². The van der Waals surface area contributed by atoms with Crippen molar-refractivity contribution in [2.45, 2.75) is 55.8 Å². The molecule has 1 fully saturated rings. The summed E-state index contributed by atoms with van der Waals surface area (Å²) in [5, 5.41) is 9.95.